The van der Waals surface area contributed by atoms with Crippen LogP contribution in [0.2, 0.25) is 5.02 Å². The van der Waals surface area contributed by atoms with Gasteiger partial charge in [-0.25, -0.2) is 0 Å². The van der Waals surface area contributed by atoms with Gasteiger partial charge in [0.2, 0.25) is 5.91 Å². The number of para-hydroxylation sites is 1. The van der Waals surface area contributed by atoms with Gasteiger partial charge in [-0.2, -0.15) is 0 Å². The number of hydrogen-bond acceptors (Lipinski definition) is 7. The number of nitrogens with one attached hydrogen (secondary N) is 2. The Kier molecular flexibility index (Phi) is 9.69. The average Bonchev–Trinajstić information content (AvgIpc) is 3.18. The third-order valence-electron chi connectivity index (χ3n) is 5.95. The van der Waals surface area contributed by atoms with E-state index in [1.54, 1.807) is 55.5 Å². The molecule has 212 valence electrons. The highest BCUT2D eigenvalue weighted by atomic mass is 35.5. The molecule has 0 saturated carbocycles. The van der Waals surface area contributed by atoms with Gasteiger partial charge in [0.15, 0.2) is 18.1 Å². The molecule has 3 aromatic carbocycles. The Labute approximate surface area is 246 Å². The average molecular weight is 594 g/mol. The highest BCUT2D eigenvalue weighted by molar-refractivity contribution is 8.18. The summed E-state index contributed by atoms with van der Waals surface area (Å²) in [5, 5.41) is 5.46. The van der Waals surface area contributed by atoms with Gasteiger partial charge in [0.05, 0.1) is 11.5 Å². The second kappa shape index (κ2) is 13.4. The van der Waals surface area contributed by atoms with Crippen LogP contribution in [0.15, 0.2) is 65.6 Å². The topological polar surface area (TPSA) is 114 Å². The summed E-state index contributed by atoms with van der Waals surface area (Å²) in [6.45, 7) is 5.21. The maximum atomic E-state index is 13.0. The molecule has 2 N–H and O–H groups in total. The van der Waals surface area contributed by atoms with Crippen LogP contribution in [0.1, 0.15) is 23.6 Å². The van der Waals surface area contributed by atoms with Crippen LogP contribution in [0.3, 0.4) is 0 Å². The molecule has 3 aromatic rings. The molecule has 41 heavy (non-hydrogen) atoms. The Morgan fingerprint density at radius 2 is 1.66 bits per heavy atom. The van der Waals surface area contributed by atoms with Crippen molar-refractivity contribution in [3.05, 3.63) is 87.3 Å². The van der Waals surface area contributed by atoms with Crippen molar-refractivity contribution in [3.63, 3.8) is 0 Å². The molecule has 0 aliphatic carbocycles. The number of ether oxygens (including phenoxy) is 2. The predicted molar refractivity (Wildman–Crippen MR) is 160 cm³/mol. The van der Waals surface area contributed by atoms with Crippen molar-refractivity contribution in [1.82, 2.24) is 4.90 Å². The van der Waals surface area contributed by atoms with Crippen molar-refractivity contribution in [2.45, 2.75) is 20.8 Å². The zero-order chi connectivity index (χ0) is 29.5. The molecule has 0 atom stereocenters. The standard InChI is InChI=1S/C30H28ClN3O6S/c1-4-39-24-13-20(11-12-23(24)40-17-27(36)32-22-10-6-9-21(31)15-22)14-25-29(37)34(30(38)41-25)16-26(35)33-28-18(2)7-5-8-19(28)3/h5-15H,4,16-17H2,1-3H3,(H,32,36)(H,33,35)/b25-14+. The molecule has 0 spiro atoms. The number of nitrogens with zero attached hydrogens (tertiary/aromatic N) is 1. The maximum absolute atomic E-state index is 13.0. The Morgan fingerprint density at radius 3 is 2.37 bits per heavy atom. The first-order valence-corrected chi connectivity index (χ1v) is 13.9. The summed E-state index contributed by atoms with van der Waals surface area (Å²) in [5.74, 6) is -0.710. The van der Waals surface area contributed by atoms with Gasteiger partial charge >= 0.3 is 0 Å². The van der Waals surface area contributed by atoms with Gasteiger partial charge < -0.3 is 20.1 Å². The van der Waals surface area contributed by atoms with E-state index in [1.807, 2.05) is 32.0 Å². The Morgan fingerprint density at radius 1 is 0.927 bits per heavy atom. The lowest BCUT2D eigenvalue weighted by Crippen LogP contribution is -2.36. The molecule has 9 nitrogen and oxygen atoms in total. The first kappa shape index (κ1) is 29.7. The Balaban J connectivity index is 1.41. The summed E-state index contributed by atoms with van der Waals surface area (Å²) in [7, 11) is 0. The van der Waals surface area contributed by atoms with E-state index in [-0.39, 0.29) is 17.4 Å². The Hall–Kier alpha value is -4.28. The number of benzene rings is 3. The third kappa shape index (κ3) is 7.68. The quantitative estimate of drug-likeness (QED) is 0.275. The SMILES string of the molecule is CCOc1cc(/C=C2/SC(=O)N(CC(=O)Nc3c(C)cccc3C)C2=O)ccc1OCC(=O)Nc1cccc(Cl)c1. The monoisotopic (exact) mass is 593 g/mol. The van der Waals surface area contributed by atoms with Crippen LogP contribution in [-0.4, -0.2) is 47.6 Å². The molecule has 1 aliphatic heterocycles. The lowest BCUT2D eigenvalue weighted by atomic mass is 10.1. The number of halogens is 1. The van der Waals surface area contributed by atoms with Gasteiger partial charge in [0, 0.05) is 16.4 Å². The molecule has 1 aliphatic rings. The summed E-state index contributed by atoms with van der Waals surface area (Å²) < 4.78 is 11.4. The minimum Gasteiger partial charge on any atom is -0.490 e. The summed E-state index contributed by atoms with van der Waals surface area (Å²) in [6, 6.07) is 17.3. The molecule has 4 rings (SSSR count). The molecule has 1 heterocycles. The molecule has 11 heteroatoms. The van der Waals surface area contributed by atoms with Crippen LogP contribution in [0, 0.1) is 13.8 Å². The first-order chi connectivity index (χ1) is 19.6. The molecule has 0 unspecified atom stereocenters. The van der Waals surface area contributed by atoms with Crippen molar-refractivity contribution < 1.29 is 28.7 Å². The number of carbonyl (C=O) groups is 4. The van der Waals surface area contributed by atoms with E-state index in [4.69, 9.17) is 21.1 Å². The lowest BCUT2D eigenvalue weighted by Gasteiger charge is -2.15. The molecular weight excluding hydrogens is 566 g/mol. The lowest BCUT2D eigenvalue weighted by molar-refractivity contribution is -0.127. The number of rotatable bonds is 10. The van der Waals surface area contributed by atoms with Crippen LogP contribution in [-0.2, 0) is 14.4 Å². The summed E-state index contributed by atoms with van der Waals surface area (Å²) in [6.07, 6.45) is 1.55. The molecule has 4 amide bonds. The van der Waals surface area contributed by atoms with Crippen LogP contribution in [0.25, 0.3) is 6.08 Å². The largest absolute Gasteiger partial charge is 0.490 e. The number of hydrogen-bond donors (Lipinski definition) is 2. The Bertz CT molecular complexity index is 1520. The minimum absolute atomic E-state index is 0.173. The van der Waals surface area contributed by atoms with E-state index in [2.05, 4.69) is 10.6 Å². The van der Waals surface area contributed by atoms with E-state index in [1.165, 1.54) is 0 Å². The van der Waals surface area contributed by atoms with Crippen molar-refractivity contribution in [3.8, 4) is 11.5 Å². The van der Waals surface area contributed by atoms with E-state index in [0.29, 0.717) is 40.1 Å². The van der Waals surface area contributed by atoms with E-state index >= 15 is 0 Å². The van der Waals surface area contributed by atoms with Gasteiger partial charge in [-0.3, -0.25) is 24.1 Å². The van der Waals surface area contributed by atoms with Crippen LogP contribution < -0.4 is 20.1 Å². The number of imide groups is 1. The summed E-state index contributed by atoms with van der Waals surface area (Å²) in [5.41, 5.74) is 3.55. The van der Waals surface area contributed by atoms with Gasteiger partial charge in [-0.05, 0) is 85.6 Å². The van der Waals surface area contributed by atoms with Crippen LogP contribution >= 0.6 is 23.4 Å². The fraction of sp³-hybridized carbons (Fsp3) is 0.200. The highest BCUT2D eigenvalue weighted by Gasteiger charge is 2.36. The van der Waals surface area contributed by atoms with Crippen LogP contribution in [0.5, 0.6) is 11.5 Å². The zero-order valence-electron chi connectivity index (χ0n) is 22.7. The number of carbonyl (C=O) groups excluding carboxylic acids is 4. The number of thioether (sulfide) groups is 1. The third-order valence-corrected chi connectivity index (χ3v) is 7.10. The fourth-order valence-corrected chi connectivity index (χ4v) is 5.06. The van der Waals surface area contributed by atoms with E-state index < -0.39 is 23.6 Å². The van der Waals surface area contributed by atoms with Crippen molar-refractivity contribution in [2.24, 2.45) is 0 Å². The molecule has 0 radical (unpaired) electrons. The second-order valence-corrected chi connectivity index (χ2v) is 10.5. The molecule has 0 aromatic heterocycles. The molecule has 0 bridgehead atoms. The number of amides is 4. The second-order valence-electron chi connectivity index (χ2n) is 9.07. The zero-order valence-corrected chi connectivity index (χ0v) is 24.2. The highest BCUT2D eigenvalue weighted by Crippen LogP contribution is 2.35. The van der Waals surface area contributed by atoms with E-state index in [9.17, 15) is 19.2 Å². The molecule has 1 fully saturated rings. The smallest absolute Gasteiger partial charge is 0.294 e. The van der Waals surface area contributed by atoms with Gasteiger partial charge in [0.25, 0.3) is 17.1 Å². The molecular formula is C30H28ClN3O6S. The minimum atomic E-state index is -0.562. The normalized spacial score (nSPS) is 13.9. The first-order valence-electron chi connectivity index (χ1n) is 12.7. The van der Waals surface area contributed by atoms with Crippen molar-refractivity contribution >= 4 is 63.8 Å². The van der Waals surface area contributed by atoms with E-state index in [0.717, 1.165) is 27.8 Å². The van der Waals surface area contributed by atoms with Crippen molar-refractivity contribution in [1.29, 1.82) is 0 Å². The predicted octanol–water partition coefficient (Wildman–Crippen LogP) is 6.05. The maximum Gasteiger partial charge on any atom is 0.294 e. The summed E-state index contributed by atoms with van der Waals surface area (Å²) >= 11 is 6.71. The van der Waals surface area contributed by atoms with Crippen molar-refractivity contribution in [2.75, 3.05) is 30.4 Å². The van der Waals surface area contributed by atoms with Gasteiger partial charge in [-0.1, -0.05) is 41.9 Å². The van der Waals surface area contributed by atoms with Gasteiger partial charge in [-0.15, -0.1) is 0 Å². The molecule has 1 saturated heterocycles. The van der Waals surface area contributed by atoms with Gasteiger partial charge in [0.1, 0.15) is 6.54 Å². The number of aryl methyl sites for hydroxylation is 2. The van der Waals surface area contributed by atoms with Crippen LogP contribution in [0.4, 0.5) is 16.2 Å². The fourth-order valence-electron chi connectivity index (χ4n) is 4.03. The summed E-state index contributed by atoms with van der Waals surface area (Å²) in [4.78, 5) is 51.7. The number of anilines is 2.